The minimum absolute atomic E-state index is 0.0525. The molecule has 0 heterocycles. The van der Waals surface area contributed by atoms with Gasteiger partial charge in [-0.3, -0.25) is 18.6 Å². The summed E-state index contributed by atoms with van der Waals surface area (Å²) in [4.78, 5) is 35.2. The maximum Gasteiger partial charge on any atom is 0.472 e. The fourth-order valence-electron chi connectivity index (χ4n) is 9.50. The molecule has 0 bridgehead atoms. The highest BCUT2D eigenvalue weighted by Gasteiger charge is 2.26. The van der Waals surface area contributed by atoms with Gasteiger partial charge in [-0.15, -0.1) is 0 Å². The normalized spacial score (nSPS) is 13.4. The first kappa shape index (κ1) is 74.7. The molecule has 0 aromatic rings. The van der Waals surface area contributed by atoms with E-state index in [2.05, 4.69) is 74.6 Å². The van der Waals surface area contributed by atoms with Crippen molar-refractivity contribution in [2.75, 3.05) is 26.4 Å². The first-order valence-electron chi connectivity index (χ1n) is 32.8. The summed E-state index contributed by atoms with van der Waals surface area (Å²) in [5, 5.41) is 0. The molecule has 0 aromatic carbocycles. The van der Waals surface area contributed by atoms with Crippen molar-refractivity contribution in [3.05, 3.63) is 60.8 Å². The molecule has 0 aromatic heterocycles. The topological polar surface area (TPSA) is 134 Å². The highest BCUT2D eigenvalue weighted by atomic mass is 31.2. The Balaban J connectivity index is 3.79. The molecule has 0 amide bonds. The fraction of sp³-hybridized carbons (Fsp3) is 0.821. The number of esters is 2. The zero-order chi connectivity index (χ0) is 55.9. The van der Waals surface area contributed by atoms with Crippen LogP contribution in [-0.2, 0) is 32.7 Å². The van der Waals surface area contributed by atoms with Crippen molar-refractivity contribution in [1.82, 2.24) is 0 Å². The SMILES string of the molecule is CCCCC/C=C\C/C=C\CCCCCCCCCC(=O)OCC(COP(=O)(O)OCCN)OC(=O)CCCCCCCCCCCCCCCCCCCCCCCCCC/C=C\C/C=C\C/C=C\CCCCCCC. The molecular weight excluding hydrogens is 978 g/mol. The summed E-state index contributed by atoms with van der Waals surface area (Å²) in [6.07, 6.45) is 80.3. The van der Waals surface area contributed by atoms with Gasteiger partial charge < -0.3 is 20.1 Å². The lowest BCUT2D eigenvalue weighted by atomic mass is 10.0. The molecule has 2 unspecified atom stereocenters. The van der Waals surface area contributed by atoms with E-state index in [4.69, 9.17) is 24.3 Å². The van der Waals surface area contributed by atoms with Gasteiger partial charge in [-0.2, -0.15) is 0 Å². The lowest BCUT2D eigenvalue weighted by Gasteiger charge is -2.19. The number of allylic oxidation sites excluding steroid dienone is 10. The monoisotopic (exact) mass is 1100 g/mol. The molecule has 0 aliphatic heterocycles. The first-order valence-corrected chi connectivity index (χ1v) is 34.3. The van der Waals surface area contributed by atoms with Crippen molar-refractivity contribution in [1.29, 1.82) is 0 Å². The summed E-state index contributed by atoms with van der Waals surface area (Å²) in [7, 11) is -4.39. The Morgan fingerprint density at radius 3 is 1.03 bits per heavy atom. The van der Waals surface area contributed by atoms with Crippen LogP contribution in [0, 0.1) is 0 Å². The molecule has 77 heavy (non-hydrogen) atoms. The molecule has 0 aliphatic carbocycles. The smallest absolute Gasteiger partial charge is 0.462 e. The summed E-state index contributed by atoms with van der Waals surface area (Å²) in [5.74, 6) is -0.824. The number of hydrogen-bond acceptors (Lipinski definition) is 8. The number of nitrogens with two attached hydrogens (primary N) is 1. The molecular formula is C67H124NO8P. The Kier molecular flexibility index (Phi) is 61.0. The summed E-state index contributed by atoms with van der Waals surface area (Å²) >= 11 is 0. The van der Waals surface area contributed by atoms with Crippen LogP contribution in [0.4, 0.5) is 0 Å². The van der Waals surface area contributed by atoms with Crippen LogP contribution in [0.2, 0.25) is 0 Å². The molecule has 9 nitrogen and oxygen atoms in total. The summed E-state index contributed by atoms with van der Waals surface area (Å²) in [6, 6.07) is 0. The van der Waals surface area contributed by atoms with Gasteiger partial charge >= 0.3 is 19.8 Å². The molecule has 10 heteroatoms. The third-order valence-electron chi connectivity index (χ3n) is 14.4. The van der Waals surface area contributed by atoms with Gasteiger partial charge in [0.1, 0.15) is 6.61 Å². The van der Waals surface area contributed by atoms with Crippen LogP contribution in [0.5, 0.6) is 0 Å². The third kappa shape index (κ3) is 62.8. The minimum Gasteiger partial charge on any atom is -0.462 e. The van der Waals surface area contributed by atoms with E-state index in [9.17, 15) is 19.0 Å². The maximum absolute atomic E-state index is 12.7. The average molecular weight is 1100 g/mol. The van der Waals surface area contributed by atoms with Gasteiger partial charge in [0.05, 0.1) is 13.2 Å². The largest absolute Gasteiger partial charge is 0.472 e. The van der Waals surface area contributed by atoms with E-state index >= 15 is 0 Å². The molecule has 2 atom stereocenters. The van der Waals surface area contributed by atoms with E-state index in [0.29, 0.717) is 6.42 Å². The van der Waals surface area contributed by atoms with Crippen molar-refractivity contribution in [3.63, 3.8) is 0 Å². The van der Waals surface area contributed by atoms with Crippen molar-refractivity contribution in [2.45, 2.75) is 328 Å². The van der Waals surface area contributed by atoms with E-state index in [0.717, 1.165) is 64.2 Å². The summed E-state index contributed by atoms with van der Waals surface area (Å²) in [6.45, 7) is 3.73. The van der Waals surface area contributed by atoms with Crippen molar-refractivity contribution in [3.8, 4) is 0 Å². The molecule has 0 saturated carbocycles. The van der Waals surface area contributed by atoms with Crippen molar-refractivity contribution >= 4 is 19.8 Å². The van der Waals surface area contributed by atoms with Crippen LogP contribution in [0.15, 0.2) is 60.8 Å². The molecule has 0 aliphatic rings. The van der Waals surface area contributed by atoms with Crippen molar-refractivity contribution in [2.24, 2.45) is 5.73 Å². The number of hydrogen-bond donors (Lipinski definition) is 2. The molecule has 0 saturated heterocycles. The number of ether oxygens (including phenoxy) is 2. The number of rotatable bonds is 62. The van der Waals surface area contributed by atoms with Crippen molar-refractivity contribution < 1.29 is 37.6 Å². The Hall–Kier alpha value is -2.29. The van der Waals surface area contributed by atoms with E-state index in [1.165, 1.54) is 225 Å². The molecule has 0 rings (SSSR count). The molecule has 3 N–H and O–H groups in total. The van der Waals surface area contributed by atoms with E-state index in [1.807, 2.05) is 0 Å². The van der Waals surface area contributed by atoms with Crippen LogP contribution in [-0.4, -0.2) is 49.3 Å². The van der Waals surface area contributed by atoms with Crippen LogP contribution >= 0.6 is 7.82 Å². The maximum atomic E-state index is 12.7. The Morgan fingerprint density at radius 2 is 0.675 bits per heavy atom. The van der Waals surface area contributed by atoms with Crippen LogP contribution < -0.4 is 5.73 Å². The second kappa shape index (κ2) is 62.9. The van der Waals surface area contributed by atoms with Gasteiger partial charge in [-0.25, -0.2) is 4.57 Å². The average Bonchev–Trinajstić information content (AvgIpc) is 3.42. The van der Waals surface area contributed by atoms with Crippen LogP contribution in [0.1, 0.15) is 322 Å². The van der Waals surface area contributed by atoms with Crippen LogP contribution in [0.3, 0.4) is 0 Å². The highest BCUT2D eigenvalue weighted by Crippen LogP contribution is 2.43. The number of carbonyl (C=O) groups is 2. The zero-order valence-electron chi connectivity index (χ0n) is 50.4. The number of phosphoric ester groups is 1. The number of carbonyl (C=O) groups excluding carboxylic acids is 2. The van der Waals surface area contributed by atoms with Gasteiger partial charge in [0.25, 0.3) is 0 Å². The standard InChI is InChI=1S/C67H124NO8P/c1-3-5-7-9-11-13-15-17-19-21-22-23-24-25-26-27-28-29-30-31-32-33-34-35-36-37-38-39-40-41-42-44-46-48-50-52-54-56-58-60-67(70)76-65(64-75-77(71,72)74-62-61-68)63-73-66(69)59-57-55-53-51-49-47-45-43-20-18-16-14-12-10-8-6-4-2/h12,14-15,17-18,20-22,24-25,65H,3-11,13,16,19,23,26-64,68H2,1-2H3,(H,71,72)/b14-12-,17-15-,20-18-,22-21-,25-24-. The Morgan fingerprint density at radius 1 is 0.390 bits per heavy atom. The Labute approximate surface area is 476 Å². The van der Waals surface area contributed by atoms with Crippen LogP contribution in [0.25, 0.3) is 0 Å². The predicted octanol–water partition coefficient (Wildman–Crippen LogP) is 21.1. The molecule has 0 radical (unpaired) electrons. The summed E-state index contributed by atoms with van der Waals surface area (Å²) in [5.41, 5.74) is 5.39. The van der Waals surface area contributed by atoms with E-state index in [-0.39, 0.29) is 38.6 Å². The molecule has 0 fully saturated rings. The molecule has 450 valence electrons. The second-order valence-electron chi connectivity index (χ2n) is 22.0. The van der Waals surface area contributed by atoms with Gasteiger partial charge in [0.2, 0.25) is 0 Å². The van der Waals surface area contributed by atoms with E-state index in [1.54, 1.807) is 0 Å². The highest BCUT2D eigenvalue weighted by molar-refractivity contribution is 7.47. The lowest BCUT2D eigenvalue weighted by Crippen LogP contribution is -2.29. The van der Waals surface area contributed by atoms with Gasteiger partial charge in [0, 0.05) is 19.4 Å². The minimum atomic E-state index is -4.39. The van der Waals surface area contributed by atoms with Gasteiger partial charge in [0.15, 0.2) is 6.10 Å². The second-order valence-corrected chi connectivity index (χ2v) is 23.4. The fourth-order valence-corrected chi connectivity index (χ4v) is 10.3. The zero-order valence-corrected chi connectivity index (χ0v) is 51.3. The summed E-state index contributed by atoms with van der Waals surface area (Å²) < 4.78 is 33.1. The van der Waals surface area contributed by atoms with E-state index < -0.39 is 26.5 Å². The number of phosphoric acid groups is 1. The van der Waals surface area contributed by atoms with Gasteiger partial charge in [-0.05, 0) is 83.5 Å². The molecule has 0 spiro atoms. The Bertz CT molecular complexity index is 1440. The third-order valence-corrected chi connectivity index (χ3v) is 15.4. The first-order chi connectivity index (χ1) is 37.8. The predicted molar refractivity (Wildman–Crippen MR) is 330 cm³/mol. The quantitative estimate of drug-likeness (QED) is 0.0264. The number of unbranched alkanes of at least 4 members (excludes halogenated alkanes) is 39. The van der Waals surface area contributed by atoms with Gasteiger partial charge in [-0.1, -0.05) is 286 Å². The lowest BCUT2D eigenvalue weighted by molar-refractivity contribution is -0.161.